The van der Waals surface area contributed by atoms with Crippen LogP contribution in [0, 0.1) is 0 Å². The first-order chi connectivity index (χ1) is 5.17. The van der Waals surface area contributed by atoms with Gasteiger partial charge in [0, 0.05) is 5.41 Å². The van der Waals surface area contributed by atoms with E-state index in [9.17, 15) is 8.42 Å². The monoisotopic (exact) mass is 169 g/mol. The van der Waals surface area contributed by atoms with E-state index in [0.717, 1.165) is 5.41 Å². The highest BCUT2D eigenvalue weighted by atomic mass is 32.2. The van der Waals surface area contributed by atoms with E-state index in [1.165, 1.54) is 12.1 Å². The Kier molecular flexibility index (Phi) is 2.10. The van der Waals surface area contributed by atoms with Gasteiger partial charge in [0.25, 0.3) is 0 Å². The van der Waals surface area contributed by atoms with Gasteiger partial charge in [0.2, 0.25) is 0 Å². The predicted molar refractivity (Wildman–Crippen MR) is 43.8 cm³/mol. The van der Waals surface area contributed by atoms with Gasteiger partial charge in [-0.1, -0.05) is 24.8 Å². The van der Waals surface area contributed by atoms with Crippen molar-refractivity contribution in [1.82, 2.24) is 0 Å². The van der Waals surface area contributed by atoms with E-state index >= 15 is 0 Å². The number of hydrogen-bond acceptors (Lipinski definition) is 2. The number of hydrogen-bond donors (Lipinski definition) is 0. The molecule has 0 fully saturated rings. The van der Waals surface area contributed by atoms with Crippen LogP contribution >= 0.6 is 0 Å². The minimum atomic E-state index is -3.23. The molecule has 0 aliphatic carbocycles. The molecule has 0 unspecified atom stereocenters. The van der Waals surface area contributed by atoms with Crippen molar-refractivity contribution in [2.45, 2.75) is 4.90 Å². The molecule has 0 aromatic heterocycles. The van der Waals surface area contributed by atoms with Crippen LogP contribution in [0.5, 0.6) is 0 Å². The molecule has 0 aliphatic rings. The van der Waals surface area contributed by atoms with Crippen molar-refractivity contribution in [3.05, 3.63) is 42.3 Å². The Morgan fingerprint density at radius 2 is 1.73 bits per heavy atom. The lowest BCUT2D eigenvalue weighted by molar-refractivity contribution is 0.604. The summed E-state index contributed by atoms with van der Waals surface area (Å²) in [5, 5.41) is 0.947. The quantitative estimate of drug-likeness (QED) is 0.630. The highest BCUT2D eigenvalue weighted by Crippen LogP contribution is 2.09. The summed E-state index contributed by atoms with van der Waals surface area (Å²) in [4.78, 5) is 0.287. The molecule has 0 amide bonds. The predicted octanol–water partition coefficient (Wildman–Crippen LogP) is 1.60. The molecule has 0 radical (unpaired) electrons. The zero-order chi connectivity index (χ0) is 8.32. The van der Waals surface area contributed by atoms with Gasteiger partial charge in [-0.15, -0.1) is 0 Å². The topological polar surface area (TPSA) is 34.1 Å². The van der Waals surface area contributed by atoms with Gasteiger partial charge in [-0.2, -0.15) is 0 Å². The molecule has 0 aliphatic heterocycles. The Bertz CT molecular complexity index is 338. The lowest BCUT2D eigenvalue weighted by Gasteiger charge is -1.95. The first-order valence-electron chi connectivity index (χ1n) is 3.09. The van der Waals surface area contributed by atoms with Crippen molar-refractivity contribution in [2.24, 2.45) is 0 Å². The Morgan fingerprint density at radius 1 is 1.18 bits per heavy atom. The summed E-state index contributed by atoms with van der Waals surface area (Å²) < 4.78 is 22.2. The van der Waals surface area contributed by atoms with Crippen molar-refractivity contribution >= 4 is 9.84 Å². The van der Waals surface area contributed by atoms with Gasteiger partial charge < -0.3 is 0 Å². The maximum Gasteiger partial charge on any atom is 0.199 e. The molecule has 0 saturated heterocycles. The van der Waals surface area contributed by atoms with Gasteiger partial charge in [-0.25, -0.2) is 8.42 Å². The standard InChI is InChI=1S/C8H8O2S/c1-2-11(9,10)8-6-4-3-5-7-8/h2-7H,1H2/i2+1. The van der Waals surface area contributed by atoms with Crippen molar-refractivity contribution < 1.29 is 8.42 Å². The zero-order valence-electron chi connectivity index (χ0n) is 5.90. The van der Waals surface area contributed by atoms with E-state index in [1.807, 2.05) is 0 Å². The van der Waals surface area contributed by atoms with Crippen LogP contribution in [0.4, 0.5) is 0 Å². The van der Waals surface area contributed by atoms with Gasteiger partial charge in [-0.05, 0) is 12.1 Å². The average Bonchev–Trinajstić information content (AvgIpc) is 2.06. The van der Waals surface area contributed by atoms with Crippen LogP contribution in [-0.4, -0.2) is 8.42 Å². The average molecular weight is 169 g/mol. The molecule has 0 spiro atoms. The lowest BCUT2D eigenvalue weighted by Crippen LogP contribution is -1.93. The number of sulfone groups is 1. The molecule has 0 saturated carbocycles. The maximum atomic E-state index is 11.1. The summed E-state index contributed by atoms with van der Waals surface area (Å²) in [6.45, 7) is 3.22. The van der Waals surface area contributed by atoms with Crippen LogP contribution in [0.15, 0.2) is 47.2 Å². The molecule has 1 rings (SSSR count). The normalized spacial score (nSPS) is 10.9. The molecule has 0 heterocycles. The molecule has 58 valence electrons. The Morgan fingerprint density at radius 3 is 2.18 bits per heavy atom. The van der Waals surface area contributed by atoms with Crippen molar-refractivity contribution in [1.29, 1.82) is 0 Å². The summed E-state index contributed by atoms with van der Waals surface area (Å²) in [6.07, 6.45) is 0. The minimum Gasteiger partial charge on any atom is -0.219 e. The molecule has 1 aromatic carbocycles. The summed E-state index contributed by atoms with van der Waals surface area (Å²) in [7, 11) is -3.23. The van der Waals surface area contributed by atoms with E-state index in [-0.39, 0.29) is 4.90 Å². The summed E-state index contributed by atoms with van der Waals surface area (Å²) in [5.74, 6) is 0. The van der Waals surface area contributed by atoms with Gasteiger partial charge in [0.05, 0.1) is 4.90 Å². The Balaban J connectivity index is 3.24. The van der Waals surface area contributed by atoms with E-state index in [0.29, 0.717) is 0 Å². The van der Waals surface area contributed by atoms with Gasteiger partial charge >= 0.3 is 0 Å². The van der Waals surface area contributed by atoms with Gasteiger partial charge in [0.15, 0.2) is 9.84 Å². The third-order valence-electron chi connectivity index (χ3n) is 1.29. The Labute approximate surface area is 66.1 Å². The first-order valence-corrected chi connectivity index (χ1v) is 4.64. The fourth-order valence-electron chi connectivity index (χ4n) is 0.706. The van der Waals surface area contributed by atoms with Gasteiger partial charge in [0.1, 0.15) is 0 Å². The van der Waals surface area contributed by atoms with Crippen LogP contribution < -0.4 is 0 Å². The zero-order valence-corrected chi connectivity index (χ0v) is 6.71. The molecular formula is C8H8O2S. The lowest BCUT2D eigenvalue weighted by atomic mass is 10.4. The van der Waals surface area contributed by atoms with Crippen LogP contribution in [-0.2, 0) is 9.84 Å². The SMILES string of the molecule is C=[13CH]S(=O)(=O)c1ccccc1. The van der Waals surface area contributed by atoms with E-state index in [4.69, 9.17) is 0 Å². The fourth-order valence-corrected chi connectivity index (χ4v) is 1.44. The largest absolute Gasteiger partial charge is 0.219 e. The van der Waals surface area contributed by atoms with Crippen molar-refractivity contribution in [2.75, 3.05) is 0 Å². The molecule has 11 heavy (non-hydrogen) atoms. The maximum absolute atomic E-state index is 11.1. The third-order valence-corrected chi connectivity index (χ3v) is 2.66. The summed E-state index contributed by atoms with van der Waals surface area (Å²) in [5.41, 5.74) is 0. The molecule has 2 nitrogen and oxygen atoms in total. The van der Waals surface area contributed by atoms with E-state index in [1.54, 1.807) is 18.2 Å². The van der Waals surface area contributed by atoms with E-state index in [2.05, 4.69) is 6.58 Å². The minimum absolute atomic E-state index is 0.287. The van der Waals surface area contributed by atoms with E-state index < -0.39 is 9.84 Å². The molecule has 0 atom stereocenters. The van der Waals surface area contributed by atoms with Crippen LogP contribution in [0.2, 0.25) is 0 Å². The van der Waals surface area contributed by atoms with Crippen LogP contribution in [0.3, 0.4) is 0 Å². The highest BCUT2D eigenvalue weighted by Gasteiger charge is 2.06. The second-order valence-corrected chi connectivity index (χ2v) is 3.92. The molecule has 0 N–H and O–H groups in total. The van der Waals surface area contributed by atoms with Crippen LogP contribution in [0.25, 0.3) is 0 Å². The number of benzene rings is 1. The fraction of sp³-hybridized carbons (Fsp3) is 0. The molecular weight excluding hydrogens is 161 g/mol. The second kappa shape index (κ2) is 2.88. The molecule has 3 heteroatoms. The molecule has 0 bridgehead atoms. The summed E-state index contributed by atoms with van der Waals surface area (Å²) in [6, 6.07) is 8.20. The highest BCUT2D eigenvalue weighted by molar-refractivity contribution is 7.94. The number of rotatable bonds is 2. The van der Waals surface area contributed by atoms with Gasteiger partial charge in [-0.3, -0.25) is 0 Å². The smallest absolute Gasteiger partial charge is 0.199 e. The van der Waals surface area contributed by atoms with Crippen LogP contribution in [0.1, 0.15) is 0 Å². The van der Waals surface area contributed by atoms with Crippen molar-refractivity contribution in [3.63, 3.8) is 0 Å². The second-order valence-electron chi connectivity index (χ2n) is 2.02. The summed E-state index contributed by atoms with van der Waals surface area (Å²) >= 11 is 0. The third kappa shape index (κ3) is 1.68. The first kappa shape index (κ1) is 8.01. The molecule has 1 aromatic rings. The van der Waals surface area contributed by atoms with Crippen molar-refractivity contribution in [3.8, 4) is 0 Å². The Hall–Kier alpha value is -1.09.